The van der Waals surface area contributed by atoms with E-state index < -0.39 is 5.41 Å². The molecule has 1 atom stereocenters. The van der Waals surface area contributed by atoms with Crippen LogP contribution in [0, 0.1) is 0 Å². The normalized spacial score (nSPS) is 14.6. The Bertz CT molecular complexity index is 3210. The minimum atomic E-state index is -0.471. The van der Waals surface area contributed by atoms with Crippen molar-refractivity contribution in [2.24, 2.45) is 0 Å². The van der Waals surface area contributed by atoms with E-state index >= 15 is 0 Å². The Hall–Kier alpha value is -7.69. The lowest BCUT2D eigenvalue weighted by molar-refractivity contribution is 0.628. The van der Waals surface area contributed by atoms with Gasteiger partial charge >= 0.3 is 0 Å². The second-order valence-corrected chi connectivity index (χ2v) is 15.1. The first kappa shape index (κ1) is 32.5. The molecule has 4 heteroatoms. The zero-order valence-corrected chi connectivity index (χ0v) is 31.3. The number of benzene rings is 8. The summed E-state index contributed by atoms with van der Waals surface area (Å²) in [6, 6.07) is 70.7. The lowest BCUT2D eigenvalue weighted by atomic mass is 9.70. The molecule has 12 rings (SSSR count). The molecule has 0 saturated carbocycles. The highest BCUT2D eigenvalue weighted by atomic mass is 16.3. The quantitative estimate of drug-likeness (QED) is 0.176. The van der Waals surface area contributed by atoms with E-state index in [0.717, 1.165) is 55.7 Å². The number of fused-ring (bicyclic) bond motifs is 12. The van der Waals surface area contributed by atoms with Crippen molar-refractivity contribution in [1.29, 1.82) is 0 Å². The summed E-state index contributed by atoms with van der Waals surface area (Å²) in [5.74, 6) is 2.89. The number of hydrogen-bond acceptors (Lipinski definition) is 4. The molecule has 0 radical (unpaired) electrons. The van der Waals surface area contributed by atoms with E-state index in [1.165, 1.54) is 38.9 Å². The Kier molecular flexibility index (Phi) is 7.11. The molecule has 0 bridgehead atoms. The van der Waals surface area contributed by atoms with Gasteiger partial charge in [0.1, 0.15) is 11.3 Å². The molecule has 270 valence electrons. The molecule has 1 spiro atoms. The van der Waals surface area contributed by atoms with E-state index in [1.54, 1.807) is 0 Å². The lowest BCUT2D eigenvalue weighted by Crippen LogP contribution is -2.25. The highest BCUT2D eigenvalue weighted by molar-refractivity contribution is 6.02. The number of aromatic nitrogens is 3. The average molecular weight is 740 g/mol. The number of hydrogen-bond donors (Lipinski definition) is 0. The molecule has 0 saturated heterocycles. The van der Waals surface area contributed by atoms with E-state index in [-0.39, 0.29) is 0 Å². The summed E-state index contributed by atoms with van der Waals surface area (Å²) in [6.07, 6.45) is 0. The van der Waals surface area contributed by atoms with Gasteiger partial charge in [0.2, 0.25) is 0 Å². The van der Waals surface area contributed by atoms with Gasteiger partial charge in [0.15, 0.2) is 17.5 Å². The van der Waals surface area contributed by atoms with Crippen LogP contribution in [0.1, 0.15) is 22.3 Å². The first-order valence-corrected chi connectivity index (χ1v) is 19.7. The summed E-state index contributed by atoms with van der Waals surface area (Å²) >= 11 is 0. The van der Waals surface area contributed by atoms with Gasteiger partial charge in [-0.15, -0.1) is 0 Å². The molecule has 2 heterocycles. The molecule has 2 aliphatic carbocycles. The first-order valence-electron chi connectivity index (χ1n) is 19.7. The maximum Gasteiger partial charge on any atom is 0.164 e. The molecule has 58 heavy (non-hydrogen) atoms. The van der Waals surface area contributed by atoms with Gasteiger partial charge < -0.3 is 4.42 Å². The van der Waals surface area contributed by atoms with E-state index in [2.05, 4.69) is 164 Å². The second kappa shape index (κ2) is 12.7. The molecule has 1 unspecified atom stereocenters. The summed E-state index contributed by atoms with van der Waals surface area (Å²) in [5.41, 5.74) is 16.6. The van der Waals surface area contributed by atoms with Crippen LogP contribution in [0.5, 0.6) is 0 Å². The van der Waals surface area contributed by atoms with Crippen LogP contribution in [0.2, 0.25) is 0 Å². The molecule has 0 N–H and O–H groups in total. The highest BCUT2D eigenvalue weighted by Gasteiger charge is 2.54. The van der Waals surface area contributed by atoms with Crippen LogP contribution >= 0.6 is 0 Å². The van der Waals surface area contributed by atoms with E-state index in [0.29, 0.717) is 17.5 Å². The number of nitrogens with zero attached hydrogens (tertiary/aromatic N) is 3. The van der Waals surface area contributed by atoms with Crippen LogP contribution in [0.15, 0.2) is 205 Å². The van der Waals surface area contributed by atoms with Crippen molar-refractivity contribution >= 4 is 11.0 Å². The zero-order valence-electron chi connectivity index (χ0n) is 31.3. The fraction of sp³-hybridized carbons (Fsp3) is 0.0185. The molecule has 8 aromatic carbocycles. The predicted molar refractivity (Wildman–Crippen MR) is 233 cm³/mol. The second-order valence-electron chi connectivity index (χ2n) is 15.1. The Labute approximate surface area is 335 Å². The largest absolute Gasteiger partial charge is 0.456 e. The van der Waals surface area contributed by atoms with Crippen molar-refractivity contribution in [1.82, 2.24) is 15.0 Å². The van der Waals surface area contributed by atoms with Crippen molar-refractivity contribution in [3.63, 3.8) is 0 Å². The summed E-state index contributed by atoms with van der Waals surface area (Å²) in [6.45, 7) is 0. The van der Waals surface area contributed by atoms with Crippen LogP contribution in [0.4, 0.5) is 0 Å². The van der Waals surface area contributed by atoms with Gasteiger partial charge in [-0.25, -0.2) is 15.0 Å². The van der Waals surface area contributed by atoms with Crippen LogP contribution in [0.3, 0.4) is 0 Å². The van der Waals surface area contributed by atoms with Gasteiger partial charge in [-0.05, 0) is 62.2 Å². The van der Waals surface area contributed by atoms with Crippen molar-refractivity contribution in [2.45, 2.75) is 5.41 Å². The van der Waals surface area contributed by atoms with Crippen molar-refractivity contribution < 1.29 is 4.42 Å². The maximum absolute atomic E-state index is 6.67. The third kappa shape index (κ3) is 4.79. The minimum Gasteiger partial charge on any atom is -0.456 e. The third-order valence-corrected chi connectivity index (χ3v) is 12.0. The SMILES string of the molecule is c1ccc(-c2ccc(-c3nc(-c4ccccc4)nc(-c4ccc(-c5ccc6c(c5)-c5ccccc5C65c6ccccc6-c6oc7ccccc7c65)cc4)n3)cc2)cc1. The minimum absolute atomic E-state index is 0.471. The molecule has 0 aliphatic heterocycles. The molecular weight excluding hydrogens is 707 g/mol. The fourth-order valence-corrected chi connectivity index (χ4v) is 9.38. The summed E-state index contributed by atoms with van der Waals surface area (Å²) in [5, 5.41) is 1.16. The van der Waals surface area contributed by atoms with Crippen LogP contribution < -0.4 is 0 Å². The number of para-hydroxylation sites is 1. The summed E-state index contributed by atoms with van der Waals surface area (Å²) in [7, 11) is 0. The lowest BCUT2D eigenvalue weighted by Gasteiger charge is -2.29. The van der Waals surface area contributed by atoms with Crippen LogP contribution in [0.25, 0.3) is 89.8 Å². The third-order valence-electron chi connectivity index (χ3n) is 12.0. The first-order chi connectivity index (χ1) is 28.7. The van der Waals surface area contributed by atoms with Gasteiger partial charge in [0.05, 0.1) is 5.41 Å². The fourth-order valence-electron chi connectivity index (χ4n) is 9.38. The zero-order chi connectivity index (χ0) is 38.2. The van der Waals surface area contributed by atoms with E-state index in [1.807, 2.05) is 36.4 Å². The van der Waals surface area contributed by atoms with Crippen LogP contribution in [-0.4, -0.2) is 15.0 Å². The summed E-state index contributed by atoms with van der Waals surface area (Å²) in [4.78, 5) is 15.0. The average Bonchev–Trinajstić information content (AvgIpc) is 3.93. The monoisotopic (exact) mass is 739 g/mol. The predicted octanol–water partition coefficient (Wildman–Crippen LogP) is 13.3. The van der Waals surface area contributed by atoms with Gasteiger partial charge in [-0.3, -0.25) is 0 Å². The molecule has 2 aliphatic rings. The van der Waals surface area contributed by atoms with E-state index in [9.17, 15) is 0 Å². The van der Waals surface area contributed by atoms with Crippen molar-refractivity contribution in [2.75, 3.05) is 0 Å². The summed E-state index contributed by atoms with van der Waals surface area (Å²) < 4.78 is 6.67. The van der Waals surface area contributed by atoms with Gasteiger partial charge in [-0.2, -0.15) is 0 Å². The van der Waals surface area contributed by atoms with Gasteiger partial charge in [0, 0.05) is 33.2 Å². The maximum atomic E-state index is 6.67. The number of rotatable bonds is 5. The standard InChI is InChI=1S/C54H33N3O/c1-3-13-34(14-4-1)35-23-27-38(28-24-35)52-55-51(37-15-5-2-6-16-37)56-53(57-52)39-29-25-36(26-30-39)40-31-32-47-44(33-40)41-17-7-10-20-45(41)54(47)46-21-11-8-18-42(46)50-49(54)43-19-9-12-22-48(43)58-50/h1-33H. The Morgan fingerprint density at radius 1 is 0.328 bits per heavy atom. The number of furan rings is 1. The van der Waals surface area contributed by atoms with Gasteiger partial charge in [0.25, 0.3) is 0 Å². The molecule has 0 amide bonds. The smallest absolute Gasteiger partial charge is 0.164 e. The van der Waals surface area contributed by atoms with Crippen molar-refractivity contribution in [3.05, 3.63) is 222 Å². The Balaban J connectivity index is 0.953. The Morgan fingerprint density at radius 2 is 0.759 bits per heavy atom. The molecule has 4 nitrogen and oxygen atoms in total. The van der Waals surface area contributed by atoms with Crippen molar-refractivity contribution in [3.8, 4) is 78.9 Å². The Morgan fingerprint density at radius 3 is 1.41 bits per heavy atom. The highest BCUT2D eigenvalue weighted by Crippen LogP contribution is 2.65. The van der Waals surface area contributed by atoms with Gasteiger partial charge in [-0.1, -0.05) is 188 Å². The van der Waals surface area contributed by atoms with Crippen LogP contribution in [-0.2, 0) is 5.41 Å². The topological polar surface area (TPSA) is 51.8 Å². The molecule has 0 fully saturated rings. The van der Waals surface area contributed by atoms with E-state index in [4.69, 9.17) is 19.4 Å². The molecule has 2 aromatic heterocycles. The molecule has 10 aromatic rings. The molecular formula is C54H33N3O.